The maximum absolute atomic E-state index is 10.7. The van der Waals surface area contributed by atoms with Crippen LogP contribution in [0.15, 0.2) is 42.5 Å². The number of aryl methyl sites for hydroxylation is 1. The number of hydroxylamine groups is 1. The Morgan fingerprint density at radius 2 is 2.17 bits per heavy atom. The summed E-state index contributed by atoms with van der Waals surface area (Å²) in [5, 5.41) is 0. The molecule has 1 aliphatic rings. The van der Waals surface area contributed by atoms with Crippen LogP contribution in [0.2, 0.25) is 0 Å². The summed E-state index contributed by atoms with van der Waals surface area (Å²) in [6, 6.07) is 14.2. The fourth-order valence-electron chi connectivity index (χ4n) is 3.16. The molecule has 3 rings (SSSR count). The van der Waals surface area contributed by atoms with E-state index in [2.05, 4.69) is 42.7 Å². The molecule has 1 heterocycles. The number of carbonyl (C=O) groups excluding carboxylic acids is 1. The average molecular weight is 310 g/mol. The van der Waals surface area contributed by atoms with Gasteiger partial charge in [-0.3, -0.25) is 0 Å². The minimum Gasteiger partial charge on any atom is -0.408 e. The minimum atomic E-state index is -0.246. The first-order valence-electron chi connectivity index (χ1n) is 7.99. The largest absolute Gasteiger partial charge is 0.408 e. The van der Waals surface area contributed by atoms with E-state index in [0.717, 1.165) is 36.1 Å². The maximum Gasteiger partial charge on any atom is 0.153 e. The van der Waals surface area contributed by atoms with Gasteiger partial charge in [0.1, 0.15) is 6.29 Å². The summed E-state index contributed by atoms with van der Waals surface area (Å²) in [5.74, 6) is 1.17. The van der Waals surface area contributed by atoms with Gasteiger partial charge in [0.25, 0.3) is 0 Å². The highest BCUT2D eigenvalue weighted by Gasteiger charge is 2.23. The van der Waals surface area contributed by atoms with E-state index in [4.69, 9.17) is 10.6 Å². The third-order valence-corrected chi connectivity index (χ3v) is 4.42. The van der Waals surface area contributed by atoms with Crippen LogP contribution >= 0.6 is 0 Å². The standard InChI is InChI=1S/C19H22N2O2/c1-13-4-2-7-17-16(8-10-21-23-19(13)17)14-5-3-6-15(12-14)18(20)9-11-22/h2-7,11-12,16,18,21H,8-10,20H2,1H3/t16?,18-/m0/s1. The number of hydrogen-bond acceptors (Lipinski definition) is 4. The Morgan fingerprint density at radius 1 is 1.35 bits per heavy atom. The van der Waals surface area contributed by atoms with Crippen LogP contribution in [0.4, 0.5) is 0 Å². The summed E-state index contributed by atoms with van der Waals surface area (Å²) in [5.41, 5.74) is 13.6. The SMILES string of the molecule is Cc1cccc2c1ONCCC2c1cccc([C@@H](N)CC=O)c1. The van der Waals surface area contributed by atoms with Crippen LogP contribution in [0.3, 0.4) is 0 Å². The molecule has 1 unspecified atom stereocenters. The van der Waals surface area contributed by atoms with E-state index in [1.165, 1.54) is 11.1 Å². The van der Waals surface area contributed by atoms with Crippen molar-refractivity contribution in [1.29, 1.82) is 0 Å². The fourth-order valence-corrected chi connectivity index (χ4v) is 3.16. The van der Waals surface area contributed by atoms with Crippen molar-refractivity contribution in [3.63, 3.8) is 0 Å². The number of benzene rings is 2. The summed E-state index contributed by atoms with van der Waals surface area (Å²) in [7, 11) is 0. The molecule has 0 saturated heterocycles. The Balaban J connectivity index is 2.00. The average Bonchev–Trinajstić information content (AvgIpc) is 2.79. The van der Waals surface area contributed by atoms with Crippen LogP contribution in [0.5, 0.6) is 5.75 Å². The molecule has 120 valence electrons. The molecule has 0 amide bonds. The lowest BCUT2D eigenvalue weighted by Crippen LogP contribution is -2.18. The number of para-hydroxylation sites is 1. The number of aldehydes is 1. The predicted molar refractivity (Wildman–Crippen MR) is 90.3 cm³/mol. The lowest BCUT2D eigenvalue weighted by Gasteiger charge is -2.19. The van der Waals surface area contributed by atoms with E-state index in [1.807, 2.05) is 12.1 Å². The van der Waals surface area contributed by atoms with Crippen molar-refractivity contribution in [3.05, 3.63) is 64.7 Å². The smallest absolute Gasteiger partial charge is 0.153 e. The van der Waals surface area contributed by atoms with E-state index in [9.17, 15) is 4.79 Å². The maximum atomic E-state index is 10.7. The molecule has 0 aromatic heterocycles. The molecule has 2 aromatic rings. The first-order chi connectivity index (χ1) is 11.2. The molecule has 2 aromatic carbocycles. The van der Waals surface area contributed by atoms with Crippen molar-refractivity contribution in [2.24, 2.45) is 5.73 Å². The van der Waals surface area contributed by atoms with Gasteiger partial charge in [0.15, 0.2) is 5.75 Å². The third-order valence-electron chi connectivity index (χ3n) is 4.42. The van der Waals surface area contributed by atoms with E-state index >= 15 is 0 Å². The molecule has 0 bridgehead atoms. The highest BCUT2D eigenvalue weighted by molar-refractivity contribution is 5.52. The Kier molecular flexibility index (Phi) is 4.74. The Bertz CT molecular complexity index is 700. The number of carbonyl (C=O) groups is 1. The second-order valence-electron chi connectivity index (χ2n) is 6.01. The van der Waals surface area contributed by atoms with Gasteiger partial charge in [-0.05, 0) is 30.0 Å². The molecule has 4 heteroatoms. The fraction of sp³-hybridized carbons (Fsp3) is 0.316. The molecule has 1 aliphatic heterocycles. The Labute approximate surface area is 136 Å². The molecule has 3 N–H and O–H groups in total. The van der Waals surface area contributed by atoms with Gasteiger partial charge < -0.3 is 15.4 Å². The summed E-state index contributed by atoms with van der Waals surface area (Å²) in [6.07, 6.45) is 2.16. The molecule has 23 heavy (non-hydrogen) atoms. The summed E-state index contributed by atoms with van der Waals surface area (Å²) in [6.45, 7) is 2.84. The van der Waals surface area contributed by atoms with Crippen molar-refractivity contribution >= 4 is 6.29 Å². The summed E-state index contributed by atoms with van der Waals surface area (Å²) >= 11 is 0. The van der Waals surface area contributed by atoms with E-state index in [1.54, 1.807) is 0 Å². The van der Waals surface area contributed by atoms with Gasteiger partial charge in [-0.1, -0.05) is 42.5 Å². The number of fused-ring (bicyclic) bond motifs is 1. The van der Waals surface area contributed by atoms with Crippen molar-refractivity contribution in [2.75, 3.05) is 6.54 Å². The van der Waals surface area contributed by atoms with Crippen molar-refractivity contribution in [3.8, 4) is 5.75 Å². The molecule has 0 radical (unpaired) electrons. The topological polar surface area (TPSA) is 64.3 Å². The van der Waals surface area contributed by atoms with Gasteiger partial charge in [0, 0.05) is 30.5 Å². The monoisotopic (exact) mass is 310 g/mol. The number of hydrogen-bond donors (Lipinski definition) is 2. The zero-order chi connectivity index (χ0) is 16.2. The highest BCUT2D eigenvalue weighted by atomic mass is 16.6. The third kappa shape index (κ3) is 3.28. The molecular formula is C19H22N2O2. The van der Waals surface area contributed by atoms with Crippen LogP contribution in [0.25, 0.3) is 0 Å². The van der Waals surface area contributed by atoms with Gasteiger partial charge in [0.05, 0.1) is 0 Å². The second-order valence-corrected chi connectivity index (χ2v) is 6.01. The van der Waals surface area contributed by atoms with Gasteiger partial charge in [-0.15, -0.1) is 0 Å². The molecule has 0 saturated carbocycles. The first-order valence-corrected chi connectivity index (χ1v) is 7.99. The molecule has 2 atom stereocenters. The quantitative estimate of drug-likeness (QED) is 0.852. The van der Waals surface area contributed by atoms with Crippen molar-refractivity contribution < 1.29 is 9.63 Å². The van der Waals surface area contributed by atoms with Crippen LogP contribution in [0.1, 0.15) is 47.1 Å². The molecule has 0 fully saturated rings. The van der Waals surface area contributed by atoms with Crippen LogP contribution in [-0.4, -0.2) is 12.8 Å². The zero-order valence-corrected chi connectivity index (χ0v) is 13.3. The zero-order valence-electron chi connectivity index (χ0n) is 13.3. The van der Waals surface area contributed by atoms with E-state index < -0.39 is 0 Å². The number of nitrogens with two attached hydrogens (primary N) is 1. The molecule has 0 aliphatic carbocycles. The molecule has 0 spiro atoms. The first kappa shape index (κ1) is 15.7. The molecular weight excluding hydrogens is 288 g/mol. The van der Waals surface area contributed by atoms with Crippen LogP contribution in [0, 0.1) is 6.92 Å². The summed E-state index contributed by atoms with van der Waals surface area (Å²) in [4.78, 5) is 16.4. The van der Waals surface area contributed by atoms with E-state index in [-0.39, 0.29) is 12.0 Å². The van der Waals surface area contributed by atoms with Crippen molar-refractivity contribution in [1.82, 2.24) is 5.48 Å². The van der Waals surface area contributed by atoms with Crippen LogP contribution < -0.4 is 16.1 Å². The van der Waals surface area contributed by atoms with Crippen LogP contribution in [-0.2, 0) is 4.79 Å². The van der Waals surface area contributed by atoms with Gasteiger partial charge >= 0.3 is 0 Å². The molecule has 4 nitrogen and oxygen atoms in total. The Hall–Kier alpha value is -2.17. The van der Waals surface area contributed by atoms with E-state index in [0.29, 0.717) is 6.42 Å². The lowest BCUT2D eigenvalue weighted by atomic mass is 9.86. The van der Waals surface area contributed by atoms with Crippen molar-refractivity contribution in [2.45, 2.75) is 31.7 Å². The van der Waals surface area contributed by atoms with Gasteiger partial charge in [-0.2, -0.15) is 5.48 Å². The minimum absolute atomic E-state index is 0.246. The second kappa shape index (κ2) is 6.94. The van der Waals surface area contributed by atoms with Gasteiger partial charge in [0.2, 0.25) is 0 Å². The van der Waals surface area contributed by atoms with Gasteiger partial charge in [-0.25, -0.2) is 0 Å². The number of nitrogens with one attached hydrogen (secondary N) is 1. The predicted octanol–water partition coefficient (Wildman–Crippen LogP) is 3.00. The summed E-state index contributed by atoms with van der Waals surface area (Å²) < 4.78 is 0. The lowest BCUT2D eigenvalue weighted by molar-refractivity contribution is -0.108. The highest BCUT2D eigenvalue weighted by Crippen LogP contribution is 2.38. The number of rotatable bonds is 4. The normalized spacial score (nSPS) is 18.4. The Morgan fingerprint density at radius 3 is 3.00 bits per heavy atom.